The van der Waals surface area contributed by atoms with E-state index in [0.717, 1.165) is 45.2 Å². The quantitative estimate of drug-likeness (QED) is 0.798. The molecule has 4 nitrogen and oxygen atoms in total. The Kier molecular flexibility index (Phi) is 4.85. The van der Waals surface area contributed by atoms with Gasteiger partial charge in [-0.05, 0) is 37.6 Å². The van der Waals surface area contributed by atoms with E-state index >= 15 is 0 Å². The van der Waals surface area contributed by atoms with E-state index in [-0.39, 0.29) is 30.0 Å². The fraction of sp³-hybridized carbons (Fsp3) is 0.933. The van der Waals surface area contributed by atoms with Gasteiger partial charge < -0.3 is 15.3 Å². The number of piperidine rings is 1. The van der Waals surface area contributed by atoms with Gasteiger partial charge >= 0.3 is 0 Å². The number of rotatable bonds is 2. The fourth-order valence-corrected chi connectivity index (χ4v) is 3.46. The van der Waals surface area contributed by atoms with E-state index in [2.05, 4.69) is 19.2 Å². The number of carbonyl (C=O) groups excluding carboxylic acids is 1. The average molecular weight is 268 g/mol. The Balaban J connectivity index is 2.11. The third-order valence-electron chi connectivity index (χ3n) is 4.75. The maximum Gasteiger partial charge on any atom is 0.240 e. The standard InChI is InChI=1S/C15H28N2O2/c1-15(2)8-6-9-16-13(15)14(19)17-10-5-3-4-7-12(17)11-18/h12-13,16,18H,3-11H2,1-2H3. The predicted molar refractivity (Wildman–Crippen MR) is 75.9 cm³/mol. The van der Waals surface area contributed by atoms with Gasteiger partial charge in [-0.2, -0.15) is 0 Å². The van der Waals surface area contributed by atoms with Crippen LogP contribution in [0.3, 0.4) is 0 Å². The average Bonchev–Trinajstić information content (AvgIpc) is 2.62. The van der Waals surface area contributed by atoms with E-state index in [4.69, 9.17) is 0 Å². The summed E-state index contributed by atoms with van der Waals surface area (Å²) in [6.45, 7) is 6.18. The zero-order chi connectivity index (χ0) is 13.9. The first-order chi connectivity index (χ1) is 9.06. The van der Waals surface area contributed by atoms with Crippen LogP contribution in [-0.4, -0.2) is 47.7 Å². The van der Waals surface area contributed by atoms with Gasteiger partial charge in [-0.3, -0.25) is 4.79 Å². The van der Waals surface area contributed by atoms with Crippen molar-refractivity contribution in [2.75, 3.05) is 19.7 Å². The highest BCUT2D eigenvalue weighted by atomic mass is 16.3. The van der Waals surface area contributed by atoms with E-state index in [1.54, 1.807) is 0 Å². The summed E-state index contributed by atoms with van der Waals surface area (Å²) in [7, 11) is 0. The summed E-state index contributed by atoms with van der Waals surface area (Å²) in [6.07, 6.45) is 6.53. The molecule has 2 aliphatic heterocycles. The number of carbonyl (C=O) groups is 1. The number of aliphatic hydroxyl groups is 1. The molecule has 0 aromatic carbocycles. The van der Waals surface area contributed by atoms with Crippen molar-refractivity contribution < 1.29 is 9.90 Å². The summed E-state index contributed by atoms with van der Waals surface area (Å²) in [5, 5.41) is 12.9. The van der Waals surface area contributed by atoms with Gasteiger partial charge in [0.15, 0.2) is 0 Å². The maximum atomic E-state index is 12.8. The normalized spacial score (nSPS) is 31.8. The summed E-state index contributed by atoms with van der Waals surface area (Å²) in [5.74, 6) is 0.200. The number of amides is 1. The molecule has 2 N–H and O–H groups in total. The molecule has 4 heteroatoms. The Morgan fingerprint density at radius 3 is 2.79 bits per heavy atom. The van der Waals surface area contributed by atoms with Crippen LogP contribution < -0.4 is 5.32 Å². The van der Waals surface area contributed by atoms with Crippen molar-refractivity contribution in [2.45, 2.75) is 64.5 Å². The molecule has 110 valence electrons. The van der Waals surface area contributed by atoms with Crippen LogP contribution in [0.2, 0.25) is 0 Å². The molecule has 2 fully saturated rings. The number of likely N-dealkylation sites (tertiary alicyclic amines) is 1. The monoisotopic (exact) mass is 268 g/mol. The minimum atomic E-state index is -0.0894. The summed E-state index contributed by atoms with van der Waals surface area (Å²) < 4.78 is 0. The molecular formula is C15H28N2O2. The van der Waals surface area contributed by atoms with Crippen molar-refractivity contribution in [3.05, 3.63) is 0 Å². The van der Waals surface area contributed by atoms with Gasteiger partial charge in [-0.1, -0.05) is 26.7 Å². The summed E-state index contributed by atoms with van der Waals surface area (Å²) >= 11 is 0. The predicted octanol–water partition coefficient (Wildman–Crippen LogP) is 1.53. The molecule has 0 aromatic rings. The molecule has 0 aromatic heterocycles. The lowest BCUT2D eigenvalue weighted by atomic mass is 9.77. The van der Waals surface area contributed by atoms with Crippen LogP contribution in [0.1, 0.15) is 52.4 Å². The Morgan fingerprint density at radius 1 is 1.32 bits per heavy atom. The van der Waals surface area contributed by atoms with E-state index in [1.165, 1.54) is 6.42 Å². The van der Waals surface area contributed by atoms with Crippen LogP contribution in [0.25, 0.3) is 0 Å². The second kappa shape index (κ2) is 6.23. The molecule has 2 aliphatic rings. The van der Waals surface area contributed by atoms with E-state index in [0.29, 0.717) is 0 Å². The molecule has 0 bridgehead atoms. The van der Waals surface area contributed by atoms with Gasteiger partial charge in [-0.25, -0.2) is 0 Å². The van der Waals surface area contributed by atoms with Gasteiger partial charge in [0.25, 0.3) is 0 Å². The van der Waals surface area contributed by atoms with Crippen LogP contribution in [0.15, 0.2) is 0 Å². The molecule has 2 saturated heterocycles. The highest BCUT2D eigenvalue weighted by Gasteiger charge is 2.40. The Labute approximate surface area is 116 Å². The second-order valence-electron chi connectivity index (χ2n) is 6.70. The second-order valence-corrected chi connectivity index (χ2v) is 6.70. The highest BCUT2D eigenvalue weighted by molar-refractivity contribution is 5.83. The summed E-state index contributed by atoms with van der Waals surface area (Å²) in [6, 6.07) is -0.0667. The molecule has 0 spiro atoms. The molecule has 19 heavy (non-hydrogen) atoms. The van der Waals surface area contributed by atoms with Gasteiger partial charge in [0.2, 0.25) is 5.91 Å². The Morgan fingerprint density at radius 2 is 2.11 bits per heavy atom. The van der Waals surface area contributed by atoms with Crippen molar-refractivity contribution in [1.29, 1.82) is 0 Å². The first kappa shape index (κ1) is 14.8. The topological polar surface area (TPSA) is 52.6 Å². The fourth-order valence-electron chi connectivity index (χ4n) is 3.46. The Hall–Kier alpha value is -0.610. The van der Waals surface area contributed by atoms with Crippen molar-refractivity contribution in [2.24, 2.45) is 5.41 Å². The van der Waals surface area contributed by atoms with E-state index in [9.17, 15) is 9.90 Å². The van der Waals surface area contributed by atoms with Crippen LogP contribution in [0, 0.1) is 5.41 Å². The molecule has 0 radical (unpaired) electrons. The number of hydrogen-bond acceptors (Lipinski definition) is 3. The third-order valence-corrected chi connectivity index (χ3v) is 4.75. The van der Waals surface area contributed by atoms with Gasteiger partial charge in [0, 0.05) is 6.54 Å². The zero-order valence-electron chi connectivity index (χ0n) is 12.3. The molecule has 2 atom stereocenters. The third kappa shape index (κ3) is 3.29. The number of aliphatic hydroxyl groups excluding tert-OH is 1. The van der Waals surface area contributed by atoms with Gasteiger partial charge in [0.1, 0.15) is 0 Å². The molecule has 2 rings (SSSR count). The lowest BCUT2D eigenvalue weighted by Gasteiger charge is -2.42. The number of nitrogens with zero attached hydrogens (tertiary/aromatic N) is 1. The molecule has 2 heterocycles. The molecule has 2 unspecified atom stereocenters. The number of nitrogens with one attached hydrogen (secondary N) is 1. The van der Waals surface area contributed by atoms with Crippen LogP contribution in [-0.2, 0) is 4.79 Å². The van der Waals surface area contributed by atoms with E-state index < -0.39 is 0 Å². The first-order valence-corrected chi connectivity index (χ1v) is 7.71. The zero-order valence-corrected chi connectivity index (χ0v) is 12.3. The smallest absolute Gasteiger partial charge is 0.240 e. The lowest BCUT2D eigenvalue weighted by Crippen LogP contribution is -2.58. The van der Waals surface area contributed by atoms with E-state index in [1.807, 2.05) is 4.90 Å². The minimum Gasteiger partial charge on any atom is -0.394 e. The molecular weight excluding hydrogens is 240 g/mol. The Bertz CT molecular complexity index is 317. The maximum absolute atomic E-state index is 12.8. The summed E-state index contributed by atoms with van der Waals surface area (Å²) in [5.41, 5.74) is 0.0155. The van der Waals surface area contributed by atoms with Crippen molar-refractivity contribution >= 4 is 5.91 Å². The lowest BCUT2D eigenvalue weighted by molar-refractivity contribution is -0.140. The molecule has 0 saturated carbocycles. The van der Waals surface area contributed by atoms with Crippen LogP contribution in [0.5, 0.6) is 0 Å². The minimum absolute atomic E-state index is 0.0155. The summed E-state index contributed by atoms with van der Waals surface area (Å²) in [4.78, 5) is 14.8. The SMILES string of the molecule is CC1(C)CCCNC1C(=O)N1CCCCCC1CO. The highest BCUT2D eigenvalue weighted by Crippen LogP contribution is 2.32. The molecule has 1 amide bonds. The van der Waals surface area contributed by atoms with Crippen LogP contribution >= 0.6 is 0 Å². The van der Waals surface area contributed by atoms with Crippen molar-refractivity contribution in [3.8, 4) is 0 Å². The van der Waals surface area contributed by atoms with Crippen LogP contribution in [0.4, 0.5) is 0 Å². The van der Waals surface area contributed by atoms with Gasteiger partial charge in [-0.15, -0.1) is 0 Å². The first-order valence-electron chi connectivity index (χ1n) is 7.71. The van der Waals surface area contributed by atoms with Gasteiger partial charge in [0.05, 0.1) is 18.7 Å². The number of hydrogen-bond donors (Lipinski definition) is 2. The van der Waals surface area contributed by atoms with Crippen molar-refractivity contribution in [1.82, 2.24) is 10.2 Å². The molecule has 0 aliphatic carbocycles. The van der Waals surface area contributed by atoms with Crippen molar-refractivity contribution in [3.63, 3.8) is 0 Å². The largest absolute Gasteiger partial charge is 0.394 e.